The lowest BCUT2D eigenvalue weighted by Gasteiger charge is -2.29. The first kappa shape index (κ1) is 16.6. The van der Waals surface area contributed by atoms with E-state index in [1.165, 1.54) is 30.6 Å². The van der Waals surface area contributed by atoms with Crippen LogP contribution in [0.5, 0.6) is 0 Å². The molecule has 1 aliphatic rings. The monoisotopic (exact) mass is 309 g/mol. The first-order chi connectivity index (χ1) is 10.0. The summed E-state index contributed by atoms with van der Waals surface area (Å²) in [4.78, 5) is 4.82. The molecule has 0 aromatic heterocycles. The van der Waals surface area contributed by atoms with Gasteiger partial charge in [0.2, 0.25) is 0 Å². The van der Waals surface area contributed by atoms with Crippen molar-refractivity contribution in [3.8, 4) is 0 Å². The SMILES string of the molecule is CCC(N)Cc1cc(Cl)ccc1N(C)CC1CCCN1C. The summed E-state index contributed by atoms with van der Waals surface area (Å²) in [5.41, 5.74) is 8.67. The van der Waals surface area contributed by atoms with Crippen LogP contribution in [0, 0.1) is 0 Å². The molecular formula is C17H28ClN3. The number of hydrogen-bond donors (Lipinski definition) is 1. The van der Waals surface area contributed by atoms with Gasteiger partial charge in [-0.25, -0.2) is 0 Å². The van der Waals surface area contributed by atoms with E-state index in [-0.39, 0.29) is 6.04 Å². The van der Waals surface area contributed by atoms with Gasteiger partial charge in [-0.3, -0.25) is 0 Å². The van der Waals surface area contributed by atoms with Gasteiger partial charge in [-0.1, -0.05) is 18.5 Å². The third-order valence-corrected chi connectivity index (χ3v) is 4.85. The quantitative estimate of drug-likeness (QED) is 0.876. The average Bonchev–Trinajstić information content (AvgIpc) is 2.84. The number of nitrogens with zero attached hydrogens (tertiary/aromatic N) is 2. The number of rotatable bonds is 6. The standard InChI is InChI=1S/C17H28ClN3/c1-4-15(19)11-13-10-14(18)7-8-17(13)21(3)12-16-6-5-9-20(16)2/h7-8,10,15-16H,4-6,9,11-12,19H2,1-3H3. The van der Waals surface area contributed by atoms with Gasteiger partial charge in [0.05, 0.1) is 0 Å². The fourth-order valence-electron chi connectivity index (χ4n) is 3.14. The molecule has 0 saturated carbocycles. The van der Waals surface area contributed by atoms with Crippen molar-refractivity contribution < 1.29 is 0 Å². The third kappa shape index (κ3) is 4.35. The van der Waals surface area contributed by atoms with Crippen LogP contribution in [-0.4, -0.2) is 44.2 Å². The Morgan fingerprint density at radius 2 is 2.24 bits per heavy atom. The molecule has 1 saturated heterocycles. The molecule has 1 heterocycles. The highest BCUT2D eigenvalue weighted by molar-refractivity contribution is 6.30. The third-order valence-electron chi connectivity index (χ3n) is 4.62. The molecule has 21 heavy (non-hydrogen) atoms. The molecule has 0 bridgehead atoms. The highest BCUT2D eigenvalue weighted by atomic mass is 35.5. The normalized spacial score (nSPS) is 20.7. The molecule has 2 atom stereocenters. The molecule has 3 nitrogen and oxygen atoms in total. The second-order valence-corrected chi connectivity index (χ2v) is 6.74. The minimum absolute atomic E-state index is 0.199. The highest BCUT2D eigenvalue weighted by Crippen LogP contribution is 2.26. The molecule has 0 radical (unpaired) electrons. The van der Waals surface area contributed by atoms with Crippen molar-refractivity contribution in [3.63, 3.8) is 0 Å². The van der Waals surface area contributed by atoms with Crippen molar-refractivity contribution in [2.75, 3.05) is 32.1 Å². The summed E-state index contributed by atoms with van der Waals surface area (Å²) in [6.07, 6.45) is 4.47. The number of halogens is 1. The van der Waals surface area contributed by atoms with Crippen LogP contribution in [-0.2, 0) is 6.42 Å². The van der Waals surface area contributed by atoms with Gasteiger partial charge in [-0.15, -0.1) is 0 Å². The molecule has 0 aliphatic carbocycles. The van der Waals surface area contributed by atoms with Gasteiger partial charge in [0, 0.05) is 36.4 Å². The Balaban J connectivity index is 2.13. The molecule has 1 aromatic rings. The predicted octanol–water partition coefficient (Wildman–Crippen LogP) is 3.15. The van der Waals surface area contributed by atoms with Crippen LogP contribution < -0.4 is 10.6 Å². The molecule has 1 aromatic carbocycles. The van der Waals surface area contributed by atoms with E-state index in [0.29, 0.717) is 6.04 Å². The summed E-state index contributed by atoms with van der Waals surface area (Å²) < 4.78 is 0. The zero-order chi connectivity index (χ0) is 15.4. The van der Waals surface area contributed by atoms with Crippen molar-refractivity contribution in [2.45, 2.75) is 44.7 Å². The molecule has 0 spiro atoms. The van der Waals surface area contributed by atoms with Crippen LogP contribution >= 0.6 is 11.6 Å². The van der Waals surface area contributed by atoms with Crippen LogP contribution in [0.2, 0.25) is 5.02 Å². The molecule has 0 amide bonds. The van der Waals surface area contributed by atoms with Gasteiger partial charge in [0.15, 0.2) is 0 Å². The summed E-state index contributed by atoms with van der Waals surface area (Å²) in [5.74, 6) is 0. The predicted molar refractivity (Wildman–Crippen MR) is 92.3 cm³/mol. The van der Waals surface area contributed by atoms with Crippen LogP contribution in [0.3, 0.4) is 0 Å². The van der Waals surface area contributed by atoms with E-state index >= 15 is 0 Å². The molecule has 2 unspecified atom stereocenters. The van der Waals surface area contributed by atoms with Crippen LogP contribution in [0.1, 0.15) is 31.7 Å². The minimum Gasteiger partial charge on any atom is -0.373 e. The van der Waals surface area contributed by atoms with Crippen molar-refractivity contribution in [1.82, 2.24) is 4.90 Å². The first-order valence-electron chi connectivity index (χ1n) is 7.96. The first-order valence-corrected chi connectivity index (χ1v) is 8.34. The van der Waals surface area contributed by atoms with Crippen molar-refractivity contribution in [3.05, 3.63) is 28.8 Å². The Hall–Kier alpha value is -0.770. The lowest BCUT2D eigenvalue weighted by atomic mass is 10.0. The fraction of sp³-hybridized carbons (Fsp3) is 0.647. The van der Waals surface area contributed by atoms with Gasteiger partial charge in [0.25, 0.3) is 0 Å². The van der Waals surface area contributed by atoms with Crippen LogP contribution in [0.25, 0.3) is 0 Å². The van der Waals surface area contributed by atoms with E-state index < -0.39 is 0 Å². The largest absolute Gasteiger partial charge is 0.373 e. The maximum atomic E-state index is 6.17. The lowest BCUT2D eigenvalue weighted by Crippen LogP contribution is -2.37. The lowest BCUT2D eigenvalue weighted by molar-refractivity contribution is 0.314. The van der Waals surface area contributed by atoms with Crippen molar-refractivity contribution >= 4 is 17.3 Å². The Morgan fingerprint density at radius 3 is 2.86 bits per heavy atom. The molecule has 1 aliphatic heterocycles. The Kier molecular flexibility index (Phi) is 5.91. The molecular weight excluding hydrogens is 282 g/mol. The number of anilines is 1. The van der Waals surface area contributed by atoms with E-state index in [1.807, 2.05) is 6.07 Å². The van der Waals surface area contributed by atoms with E-state index in [1.54, 1.807) is 0 Å². The summed E-state index contributed by atoms with van der Waals surface area (Å²) >= 11 is 6.17. The number of hydrogen-bond acceptors (Lipinski definition) is 3. The number of likely N-dealkylation sites (tertiary alicyclic amines) is 1. The Morgan fingerprint density at radius 1 is 1.48 bits per heavy atom. The minimum atomic E-state index is 0.199. The van der Waals surface area contributed by atoms with Gasteiger partial charge in [-0.2, -0.15) is 0 Å². The zero-order valence-corrected chi connectivity index (χ0v) is 14.2. The smallest absolute Gasteiger partial charge is 0.0410 e. The second kappa shape index (κ2) is 7.48. The van der Waals surface area contributed by atoms with E-state index in [0.717, 1.165) is 24.4 Å². The number of likely N-dealkylation sites (N-methyl/N-ethyl adjacent to an activating group) is 2. The van der Waals surface area contributed by atoms with E-state index in [9.17, 15) is 0 Å². The van der Waals surface area contributed by atoms with Gasteiger partial charge >= 0.3 is 0 Å². The maximum absolute atomic E-state index is 6.17. The van der Waals surface area contributed by atoms with Gasteiger partial charge < -0.3 is 15.5 Å². The summed E-state index contributed by atoms with van der Waals surface area (Å²) in [6, 6.07) is 7.03. The van der Waals surface area contributed by atoms with Gasteiger partial charge in [0.1, 0.15) is 0 Å². The molecule has 4 heteroatoms. The Labute approximate surface area is 134 Å². The molecule has 2 N–H and O–H groups in total. The maximum Gasteiger partial charge on any atom is 0.0410 e. The zero-order valence-electron chi connectivity index (χ0n) is 13.5. The molecule has 118 valence electrons. The average molecular weight is 310 g/mol. The van der Waals surface area contributed by atoms with Crippen molar-refractivity contribution in [2.24, 2.45) is 5.73 Å². The van der Waals surface area contributed by atoms with E-state index in [2.05, 4.69) is 43.0 Å². The number of nitrogens with two attached hydrogens (primary N) is 1. The second-order valence-electron chi connectivity index (χ2n) is 6.30. The highest BCUT2D eigenvalue weighted by Gasteiger charge is 2.23. The Bertz CT molecular complexity index is 463. The summed E-state index contributed by atoms with van der Waals surface area (Å²) in [7, 11) is 4.40. The van der Waals surface area contributed by atoms with Gasteiger partial charge in [-0.05, 0) is 63.0 Å². The molecule has 1 fully saturated rings. The summed E-state index contributed by atoms with van der Waals surface area (Å²) in [6.45, 7) is 4.41. The van der Waals surface area contributed by atoms with Crippen LogP contribution in [0.4, 0.5) is 5.69 Å². The van der Waals surface area contributed by atoms with Crippen molar-refractivity contribution in [1.29, 1.82) is 0 Å². The van der Waals surface area contributed by atoms with Crippen LogP contribution in [0.15, 0.2) is 18.2 Å². The van der Waals surface area contributed by atoms with E-state index in [4.69, 9.17) is 17.3 Å². The topological polar surface area (TPSA) is 32.5 Å². The summed E-state index contributed by atoms with van der Waals surface area (Å²) in [5, 5.41) is 0.795. The fourth-order valence-corrected chi connectivity index (χ4v) is 3.34. The number of benzene rings is 1. The molecule has 2 rings (SSSR count).